The maximum atomic E-state index is 6.39. The van der Waals surface area contributed by atoms with E-state index in [0.717, 1.165) is 30.8 Å². The fourth-order valence-electron chi connectivity index (χ4n) is 2.86. The lowest BCUT2D eigenvalue weighted by atomic mass is 9.94. The number of amidine groups is 1. The summed E-state index contributed by atoms with van der Waals surface area (Å²) in [4.78, 5) is 6.63. The van der Waals surface area contributed by atoms with Crippen molar-refractivity contribution in [3.63, 3.8) is 0 Å². The first-order valence-corrected chi connectivity index (χ1v) is 6.99. The van der Waals surface area contributed by atoms with Gasteiger partial charge in [0.15, 0.2) is 0 Å². The van der Waals surface area contributed by atoms with Crippen molar-refractivity contribution in [1.29, 1.82) is 0 Å². The first-order chi connectivity index (χ1) is 10.0. The zero-order valence-electron chi connectivity index (χ0n) is 12.4. The first-order valence-electron chi connectivity index (χ1n) is 6.99. The fraction of sp³-hybridized carbons (Fsp3) is 0.400. The van der Waals surface area contributed by atoms with Crippen LogP contribution in [0.2, 0.25) is 0 Å². The van der Waals surface area contributed by atoms with Gasteiger partial charge in [0.25, 0.3) is 0 Å². The minimum atomic E-state index is -1.09. The number of nitrogens with two attached hydrogens (primary N) is 2. The van der Waals surface area contributed by atoms with Gasteiger partial charge in [0.2, 0.25) is 5.79 Å². The quantitative estimate of drug-likeness (QED) is 0.724. The van der Waals surface area contributed by atoms with E-state index in [4.69, 9.17) is 16.2 Å². The van der Waals surface area contributed by atoms with Gasteiger partial charge in [0, 0.05) is 19.3 Å². The summed E-state index contributed by atoms with van der Waals surface area (Å²) < 4.78 is 5.52. The lowest BCUT2D eigenvalue weighted by molar-refractivity contribution is 0.309. The van der Waals surface area contributed by atoms with E-state index < -0.39 is 5.79 Å². The second kappa shape index (κ2) is 5.05. The predicted octanol–water partition coefficient (Wildman–Crippen LogP) is 0.226. The number of methoxy groups -OCH3 is 1. The Morgan fingerprint density at radius 1 is 1.38 bits per heavy atom. The van der Waals surface area contributed by atoms with E-state index in [0.29, 0.717) is 5.84 Å². The van der Waals surface area contributed by atoms with Crippen LogP contribution in [0.4, 0.5) is 0 Å². The monoisotopic (exact) mass is 287 g/mol. The maximum absolute atomic E-state index is 6.39. The number of ether oxygens (including phenoxy) is 1. The van der Waals surface area contributed by atoms with Gasteiger partial charge in [-0.1, -0.05) is 0 Å². The molecule has 2 heterocycles. The molecule has 0 saturated carbocycles. The molecule has 6 nitrogen and oxygen atoms in total. The van der Waals surface area contributed by atoms with Crippen LogP contribution in [0.1, 0.15) is 16.7 Å². The molecule has 0 fully saturated rings. The largest absolute Gasteiger partial charge is 0.496 e. The SMILES string of the molecule is COc1cc2c(cc1C1(N)N=C(N)C=CN1)CN(C)CC2. The van der Waals surface area contributed by atoms with Crippen molar-refractivity contribution < 1.29 is 4.74 Å². The van der Waals surface area contributed by atoms with Crippen molar-refractivity contribution in [2.45, 2.75) is 18.8 Å². The number of aliphatic imine (C=N–C) groups is 1. The summed E-state index contributed by atoms with van der Waals surface area (Å²) in [6, 6.07) is 4.14. The molecule has 6 heteroatoms. The van der Waals surface area contributed by atoms with Gasteiger partial charge in [0.1, 0.15) is 11.6 Å². The molecule has 0 bridgehead atoms. The van der Waals surface area contributed by atoms with Gasteiger partial charge in [-0.3, -0.25) is 5.73 Å². The number of hydrogen-bond donors (Lipinski definition) is 3. The average Bonchev–Trinajstić information content (AvgIpc) is 2.45. The van der Waals surface area contributed by atoms with Crippen LogP contribution >= 0.6 is 0 Å². The summed E-state index contributed by atoms with van der Waals surface area (Å²) >= 11 is 0. The zero-order valence-corrected chi connectivity index (χ0v) is 12.4. The third kappa shape index (κ3) is 2.48. The van der Waals surface area contributed by atoms with Gasteiger partial charge in [-0.05, 0) is 42.8 Å². The van der Waals surface area contributed by atoms with Crippen molar-refractivity contribution in [3.05, 3.63) is 41.1 Å². The Labute approximate surface area is 124 Å². The van der Waals surface area contributed by atoms with E-state index >= 15 is 0 Å². The van der Waals surface area contributed by atoms with Crippen LogP contribution in [0, 0.1) is 0 Å². The molecule has 0 amide bonds. The molecular weight excluding hydrogens is 266 g/mol. The molecule has 5 N–H and O–H groups in total. The number of likely N-dealkylation sites (N-methyl/N-ethyl adjacent to an activating group) is 1. The van der Waals surface area contributed by atoms with Gasteiger partial charge < -0.3 is 20.7 Å². The van der Waals surface area contributed by atoms with Gasteiger partial charge >= 0.3 is 0 Å². The van der Waals surface area contributed by atoms with Crippen LogP contribution in [-0.4, -0.2) is 31.4 Å². The van der Waals surface area contributed by atoms with Crippen molar-refractivity contribution >= 4 is 5.84 Å². The molecule has 1 unspecified atom stereocenters. The molecule has 0 radical (unpaired) electrons. The van der Waals surface area contributed by atoms with Gasteiger partial charge in [-0.25, -0.2) is 4.99 Å². The minimum absolute atomic E-state index is 0.396. The zero-order chi connectivity index (χ0) is 15.0. The molecule has 3 rings (SSSR count). The Morgan fingerprint density at radius 3 is 2.90 bits per heavy atom. The van der Waals surface area contributed by atoms with Crippen LogP contribution < -0.4 is 21.5 Å². The summed E-state index contributed by atoms with van der Waals surface area (Å²) in [5, 5.41) is 3.07. The summed E-state index contributed by atoms with van der Waals surface area (Å²) in [5.41, 5.74) is 15.5. The molecule has 1 aromatic carbocycles. The molecule has 0 spiro atoms. The summed E-state index contributed by atoms with van der Waals surface area (Å²) in [7, 11) is 3.76. The van der Waals surface area contributed by atoms with Crippen LogP contribution in [0.3, 0.4) is 0 Å². The second-order valence-electron chi connectivity index (χ2n) is 5.59. The third-order valence-electron chi connectivity index (χ3n) is 4.00. The molecule has 2 aliphatic rings. The Hall–Kier alpha value is -2.05. The maximum Gasteiger partial charge on any atom is 0.214 e. The van der Waals surface area contributed by atoms with Gasteiger partial charge in [0.05, 0.1) is 12.7 Å². The predicted molar refractivity (Wildman–Crippen MR) is 82.8 cm³/mol. The summed E-state index contributed by atoms with van der Waals surface area (Å²) in [6.45, 7) is 1.95. The van der Waals surface area contributed by atoms with Crippen molar-refractivity contribution in [2.75, 3.05) is 20.7 Å². The number of nitrogens with zero attached hydrogens (tertiary/aromatic N) is 2. The topological polar surface area (TPSA) is 88.9 Å². The van der Waals surface area contributed by atoms with E-state index in [1.165, 1.54) is 11.1 Å². The fourth-order valence-corrected chi connectivity index (χ4v) is 2.86. The van der Waals surface area contributed by atoms with Gasteiger partial charge in [-0.15, -0.1) is 0 Å². The molecule has 0 aliphatic carbocycles. The third-order valence-corrected chi connectivity index (χ3v) is 4.00. The highest BCUT2D eigenvalue weighted by Crippen LogP contribution is 2.33. The van der Waals surface area contributed by atoms with E-state index in [1.807, 2.05) is 0 Å². The lowest BCUT2D eigenvalue weighted by Gasteiger charge is -2.32. The second-order valence-corrected chi connectivity index (χ2v) is 5.59. The average molecular weight is 287 g/mol. The molecule has 1 atom stereocenters. The highest BCUT2D eigenvalue weighted by atomic mass is 16.5. The highest BCUT2D eigenvalue weighted by molar-refractivity contribution is 5.92. The number of benzene rings is 1. The van der Waals surface area contributed by atoms with Crippen LogP contribution in [0.25, 0.3) is 0 Å². The van der Waals surface area contributed by atoms with Crippen molar-refractivity contribution in [3.8, 4) is 5.75 Å². The Bertz CT molecular complexity index is 625. The Balaban J connectivity index is 2.09. The van der Waals surface area contributed by atoms with Crippen LogP contribution in [0.15, 0.2) is 29.4 Å². The van der Waals surface area contributed by atoms with Crippen LogP contribution in [-0.2, 0) is 18.8 Å². The number of nitrogens with one attached hydrogen (secondary N) is 1. The Kier molecular flexibility index (Phi) is 3.35. The van der Waals surface area contributed by atoms with E-state index in [1.54, 1.807) is 19.4 Å². The summed E-state index contributed by atoms with van der Waals surface area (Å²) in [6.07, 6.45) is 4.41. The molecular formula is C15H21N5O. The number of fused-ring (bicyclic) bond motifs is 1. The smallest absolute Gasteiger partial charge is 0.214 e. The van der Waals surface area contributed by atoms with Crippen LogP contribution in [0.5, 0.6) is 5.75 Å². The molecule has 2 aliphatic heterocycles. The molecule has 112 valence electrons. The molecule has 21 heavy (non-hydrogen) atoms. The highest BCUT2D eigenvalue weighted by Gasteiger charge is 2.32. The molecule has 0 saturated heterocycles. The minimum Gasteiger partial charge on any atom is -0.496 e. The van der Waals surface area contributed by atoms with Crippen molar-refractivity contribution in [2.24, 2.45) is 16.5 Å². The summed E-state index contributed by atoms with van der Waals surface area (Å²) in [5.74, 6) is 0.0446. The normalized spacial score (nSPS) is 25.0. The number of hydrogen-bond acceptors (Lipinski definition) is 6. The molecule has 0 aromatic heterocycles. The standard InChI is InChI=1S/C15H21N5O/c1-20-6-4-10-8-13(21-2)12(7-11(10)9-20)15(17)18-5-3-14(16)19-15/h3,5,7-8,18H,4,6,9,17H2,1-2H3,(H2,16,19). The van der Waals surface area contributed by atoms with Gasteiger partial charge in [-0.2, -0.15) is 0 Å². The van der Waals surface area contributed by atoms with E-state index in [2.05, 4.69) is 34.4 Å². The first kappa shape index (κ1) is 13.9. The van der Waals surface area contributed by atoms with E-state index in [9.17, 15) is 0 Å². The number of rotatable bonds is 2. The Morgan fingerprint density at radius 2 is 2.19 bits per heavy atom. The lowest BCUT2D eigenvalue weighted by Crippen LogP contribution is -2.49. The molecule has 1 aromatic rings. The van der Waals surface area contributed by atoms with E-state index in [-0.39, 0.29) is 0 Å². The van der Waals surface area contributed by atoms with Crippen molar-refractivity contribution in [1.82, 2.24) is 10.2 Å².